The fourth-order valence-electron chi connectivity index (χ4n) is 5.05. The Balaban J connectivity index is 1.19. The highest BCUT2D eigenvalue weighted by Crippen LogP contribution is 2.38. The number of benzene rings is 1. The molecule has 2 amide bonds. The molecule has 3 aromatic rings. The van der Waals surface area contributed by atoms with Crippen molar-refractivity contribution in [3.05, 3.63) is 72.3 Å². The number of nitrogens with one attached hydrogen (secondary N) is 1. The smallest absolute Gasteiger partial charge is 0.273 e. The van der Waals surface area contributed by atoms with Gasteiger partial charge in [0, 0.05) is 55.8 Å². The van der Waals surface area contributed by atoms with E-state index in [-0.39, 0.29) is 17.4 Å². The van der Waals surface area contributed by atoms with Crippen LogP contribution in [0.25, 0.3) is 10.8 Å². The van der Waals surface area contributed by atoms with Crippen molar-refractivity contribution < 1.29 is 14.3 Å². The van der Waals surface area contributed by atoms with Crippen LogP contribution in [0.5, 0.6) is 0 Å². The maximum atomic E-state index is 13.2. The quantitative estimate of drug-likeness (QED) is 0.666. The second-order valence-electron chi connectivity index (χ2n) is 9.01. The number of aromatic nitrogens is 2. The van der Waals surface area contributed by atoms with Crippen molar-refractivity contribution in [2.75, 3.05) is 26.2 Å². The molecule has 2 saturated heterocycles. The van der Waals surface area contributed by atoms with Crippen LogP contribution in [0.15, 0.2) is 61.1 Å². The number of hydrogen-bond acceptors (Lipinski definition) is 5. The van der Waals surface area contributed by atoms with E-state index in [2.05, 4.69) is 15.3 Å². The Morgan fingerprint density at radius 2 is 1.85 bits per heavy atom. The lowest BCUT2D eigenvalue weighted by atomic mass is 9.79. The molecule has 0 saturated carbocycles. The van der Waals surface area contributed by atoms with Gasteiger partial charge in [0.1, 0.15) is 5.69 Å². The second kappa shape index (κ2) is 9.27. The van der Waals surface area contributed by atoms with Crippen LogP contribution >= 0.6 is 0 Å². The molecule has 170 valence electrons. The number of rotatable bonds is 4. The van der Waals surface area contributed by atoms with Crippen LogP contribution in [-0.2, 0) is 4.74 Å². The average molecular weight is 445 g/mol. The lowest BCUT2D eigenvalue weighted by Gasteiger charge is -2.46. The summed E-state index contributed by atoms with van der Waals surface area (Å²) in [6, 6.07) is 13.2. The topological polar surface area (TPSA) is 84.4 Å². The van der Waals surface area contributed by atoms with Gasteiger partial charge >= 0.3 is 0 Å². The first-order chi connectivity index (χ1) is 16.1. The summed E-state index contributed by atoms with van der Waals surface area (Å²) >= 11 is 0. The zero-order chi connectivity index (χ0) is 22.7. The van der Waals surface area contributed by atoms with Crippen LogP contribution in [0.4, 0.5) is 0 Å². The number of piperidine rings is 1. The molecule has 33 heavy (non-hydrogen) atoms. The molecule has 5 rings (SSSR count). The number of fused-ring (bicyclic) bond motifs is 1. The summed E-state index contributed by atoms with van der Waals surface area (Å²) in [7, 11) is 0. The van der Waals surface area contributed by atoms with E-state index in [0.29, 0.717) is 43.4 Å². The molecule has 7 nitrogen and oxygen atoms in total. The Hall–Kier alpha value is -3.32. The van der Waals surface area contributed by atoms with Crippen LogP contribution in [0.3, 0.4) is 0 Å². The van der Waals surface area contributed by atoms with Gasteiger partial charge in [-0.15, -0.1) is 0 Å². The lowest BCUT2D eigenvalue weighted by Crippen LogP contribution is -2.52. The van der Waals surface area contributed by atoms with Crippen molar-refractivity contribution in [1.29, 1.82) is 0 Å². The highest BCUT2D eigenvalue weighted by atomic mass is 16.5. The van der Waals surface area contributed by atoms with Gasteiger partial charge in [0.2, 0.25) is 0 Å². The van der Waals surface area contributed by atoms with E-state index >= 15 is 0 Å². The first kappa shape index (κ1) is 21.5. The zero-order valence-corrected chi connectivity index (χ0v) is 18.6. The highest BCUT2D eigenvalue weighted by molar-refractivity contribution is 6.05. The Morgan fingerprint density at radius 3 is 2.67 bits per heavy atom. The van der Waals surface area contributed by atoms with Gasteiger partial charge in [-0.1, -0.05) is 24.3 Å². The van der Waals surface area contributed by atoms with Gasteiger partial charge in [0.25, 0.3) is 11.8 Å². The fourth-order valence-corrected chi connectivity index (χ4v) is 5.05. The fraction of sp³-hybridized carbons (Fsp3) is 0.385. The van der Waals surface area contributed by atoms with Crippen molar-refractivity contribution in [1.82, 2.24) is 20.2 Å². The van der Waals surface area contributed by atoms with Crippen LogP contribution in [0, 0.1) is 5.92 Å². The van der Waals surface area contributed by atoms with E-state index < -0.39 is 0 Å². The second-order valence-corrected chi connectivity index (χ2v) is 9.01. The molecular weight excluding hydrogens is 416 g/mol. The van der Waals surface area contributed by atoms with Crippen LogP contribution in [-0.4, -0.2) is 58.5 Å². The molecule has 7 heteroatoms. The molecule has 1 aromatic carbocycles. The van der Waals surface area contributed by atoms with Gasteiger partial charge in [-0.2, -0.15) is 0 Å². The Labute approximate surface area is 193 Å². The summed E-state index contributed by atoms with van der Waals surface area (Å²) in [5.74, 6) is 0.283. The predicted molar refractivity (Wildman–Crippen MR) is 125 cm³/mol. The molecule has 1 spiro atoms. The zero-order valence-electron chi connectivity index (χ0n) is 18.6. The van der Waals surface area contributed by atoms with Gasteiger partial charge < -0.3 is 15.0 Å². The number of pyridine rings is 2. The van der Waals surface area contributed by atoms with E-state index in [0.717, 1.165) is 36.5 Å². The first-order valence-electron chi connectivity index (χ1n) is 11.6. The van der Waals surface area contributed by atoms with Gasteiger partial charge in [-0.05, 0) is 55.2 Å². The average Bonchev–Trinajstić information content (AvgIpc) is 2.87. The third kappa shape index (κ3) is 4.59. The van der Waals surface area contributed by atoms with E-state index in [9.17, 15) is 9.59 Å². The summed E-state index contributed by atoms with van der Waals surface area (Å²) in [4.78, 5) is 35.9. The van der Waals surface area contributed by atoms with Crippen molar-refractivity contribution in [2.45, 2.75) is 31.3 Å². The normalized spacial score (nSPS) is 20.0. The molecule has 0 aliphatic carbocycles. The minimum Gasteiger partial charge on any atom is -0.375 e. The molecule has 0 bridgehead atoms. The van der Waals surface area contributed by atoms with Crippen molar-refractivity contribution in [3.8, 4) is 0 Å². The summed E-state index contributed by atoms with van der Waals surface area (Å²) < 4.78 is 6.26. The van der Waals surface area contributed by atoms with Crippen LogP contribution in [0.2, 0.25) is 0 Å². The largest absolute Gasteiger partial charge is 0.375 e. The van der Waals surface area contributed by atoms with Gasteiger partial charge in [0.05, 0.1) is 5.60 Å². The van der Waals surface area contributed by atoms with E-state index in [1.165, 1.54) is 0 Å². The Morgan fingerprint density at radius 1 is 1.06 bits per heavy atom. The predicted octanol–water partition coefficient (Wildman–Crippen LogP) is 3.46. The SMILES string of the molecule is O=C(NCC1CCOC2(CCN(C(=O)c3nccc4ccccc34)CC2)C1)c1ccncc1. The number of nitrogens with zero attached hydrogens (tertiary/aromatic N) is 3. The minimum absolute atomic E-state index is 0.0152. The van der Waals surface area contributed by atoms with E-state index in [4.69, 9.17) is 4.74 Å². The molecule has 0 radical (unpaired) electrons. The number of ether oxygens (including phenoxy) is 1. The minimum atomic E-state index is -0.215. The number of likely N-dealkylation sites (tertiary alicyclic amines) is 1. The summed E-state index contributed by atoms with van der Waals surface area (Å²) in [5.41, 5.74) is 0.929. The first-order valence-corrected chi connectivity index (χ1v) is 11.6. The number of amides is 2. The highest BCUT2D eigenvalue weighted by Gasteiger charge is 2.41. The Kier molecular flexibility index (Phi) is 6.05. The van der Waals surface area contributed by atoms with Gasteiger partial charge in [0.15, 0.2) is 0 Å². The molecule has 1 atom stereocenters. The van der Waals surface area contributed by atoms with Gasteiger partial charge in [-0.25, -0.2) is 0 Å². The summed E-state index contributed by atoms with van der Waals surface area (Å²) in [5, 5.41) is 4.98. The van der Waals surface area contributed by atoms with Crippen molar-refractivity contribution in [3.63, 3.8) is 0 Å². The number of hydrogen-bond donors (Lipinski definition) is 1. The third-order valence-electron chi connectivity index (χ3n) is 6.93. The molecule has 2 aliphatic heterocycles. The third-order valence-corrected chi connectivity index (χ3v) is 6.93. The van der Waals surface area contributed by atoms with Crippen molar-refractivity contribution in [2.24, 2.45) is 5.92 Å². The van der Waals surface area contributed by atoms with Gasteiger partial charge in [-0.3, -0.25) is 19.6 Å². The number of carbonyl (C=O) groups is 2. The number of carbonyl (C=O) groups excluding carboxylic acids is 2. The van der Waals surface area contributed by atoms with E-state index in [1.54, 1.807) is 30.7 Å². The molecular formula is C26H28N4O3. The van der Waals surface area contributed by atoms with Crippen LogP contribution in [0.1, 0.15) is 46.5 Å². The molecule has 1 unspecified atom stereocenters. The lowest BCUT2D eigenvalue weighted by molar-refractivity contribution is -0.122. The summed E-state index contributed by atoms with van der Waals surface area (Å²) in [6.45, 7) is 2.63. The molecule has 2 aliphatic rings. The molecule has 2 fully saturated rings. The molecule has 2 aromatic heterocycles. The monoisotopic (exact) mass is 444 g/mol. The molecule has 4 heterocycles. The maximum Gasteiger partial charge on any atom is 0.273 e. The summed E-state index contributed by atoms with van der Waals surface area (Å²) in [6.07, 6.45) is 8.40. The van der Waals surface area contributed by atoms with E-state index in [1.807, 2.05) is 35.2 Å². The van der Waals surface area contributed by atoms with Crippen molar-refractivity contribution >= 4 is 22.6 Å². The molecule has 1 N–H and O–H groups in total. The standard InChI is InChI=1S/C26H28N4O3/c31-24(21-5-11-27-12-6-21)29-18-19-8-16-33-26(17-19)9-14-30(15-10-26)25(32)23-22-4-2-1-3-20(22)7-13-28-23/h1-7,11-13,19H,8-10,14-18H2,(H,29,31). The Bertz CT molecular complexity index is 1140. The van der Waals surface area contributed by atoms with Crippen LogP contribution < -0.4 is 5.32 Å². The maximum absolute atomic E-state index is 13.2.